The van der Waals surface area contributed by atoms with Crippen LogP contribution in [0.2, 0.25) is 0 Å². The van der Waals surface area contributed by atoms with Crippen molar-refractivity contribution in [1.29, 1.82) is 0 Å². The Morgan fingerprint density at radius 1 is 1.07 bits per heavy atom. The number of allylic oxidation sites excluding steroid dienone is 1. The predicted molar refractivity (Wildman–Crippen MR) is 68.0 cm³/mol. The summed E-state index contributed by atoms with van der Waals surface area (Å²) in [6.45, 7) is 14.4. The van der Waals surface area contributed by atoms with Crippen molar-refractivity contribution in [2.24, 2.45) is 10.8 Å². The highest BCUT2D eigenvalue weighted by Gasteiger charge is 2.64. The molecule has 0 atom stereocenters. The second-order valence-electron chi connectivity index (χ2n) is 5.97. The molecule has 0 bridgehead atoms. The molecule has 1 nitrogen and oxygen atoms in total. The van der Waals surface area contributed by atoms with Gasteiger partial charge in [0.15, 0.2) is 0 Å². The van der Waals surface area contributed by atoms with Crippen LogP contribution in [0.4, 0.5) is 0 Å². The lowest BCUT2D eigenvalue weighted by Crippen LogP contribution is -2.23. The van der Waals surface area contributed by atoms with E-state index in [0.29, 0.717) is 16.9 Å². The van der Waals surface area contributed by atoms with Crippen LogP contribution in [0.15, 0.2) is 12.7 Å². The van der Waals surface area contributed by atoms with Gasteiger partial charge in [0.2, 0.25) is 0 Å². The predicted octanol–water partition coefficient (Wildman–Crippen LogP) is 3.76. The van der Waals surface area contributed by atoms with Crippen LogP contribution in [0, 0.1) is 10.8 Å². The second-order valence-corrected chi connectivity index (χ2v) is 5.97. The zero-order chi connectivity index (χ0) is 11.5. The molecule has 0 spiro atoms. The van der Waals surface area contributed by atoms with Gasteiger partial charge >= 0.3 is 0 Å². The average Bonchev–Trinajstić information content (AvgIpc) is 2.52. The van der Waals surface area contributed by atoms with Gasteiger partial charge in [-0.2, -0.15) is 0 Å². The van der Waals surface area contributed by atoms with E-state index in [-0.39, 0.29) is 0 Å². The van der Waals surface area contributed by atoms with Gasteiger partial charge in [0.05, 0.1) is 0 Å². The number of nitrogens with one attached hydrogen (secondary N) is 1. The fourth-order valence-electron chi connectivity index (χ4n) is 2.54. The molecule has 1 rings (SSSR count). The Bertz CT molecular complexity index is 201. The van der Waals surface area contributed by atoms with Gasteiger partial charge in [-0.1, -0.05) is 40.2 Å². The number of hydrogen-bond donors (Lipinski definition) is 1. The Kier molecular flexibility index (Phi) is 3.99. The van der Waals surface area contributed by atoms with Crippen molar-refractivity contribution < 1.29 is 0 Å². The first kappa shape index (κ1) is 12.8. The molecule has 1 heteroatoms. The highest BCUT2D eigenvalue weighted by molar-refractivity contribution is 5.17. The third kappa shape index (κ3) is 2.63. The van der Waals surface area contributed by atoms with Crippen LogP contribution in [0.5, 0.6) is 0 Å². The lowest BCUT2D eigenvalue weighted by atomic mass is 10.0. The maximum absolute atomic E-state index is 3.74. The molecule has 0 heterocycles. The molecule has 0 amide bonds. The van der Waals surface area contributed by atoms with Crippen molar-refractivity contribution in [3.8, 4) is 0 Å². The first-order valence-electron chi connectivity index (χ1n) is 6.29. The molecule has 0 saturated heterocycles. The maximum Gasteiger partial charge on any atom is 0.0181 e. The summed E-state index contributed by atoms with van der Waals surface area (Å²) in [5.41, 5.74) is 0.961. The van der Waals surface area contributed by atoms with Crippen LogP contribution in [0.25, 0.3) is 0 Å². The Morgan fingerprint density at radius 3 is 2.13 bits per heavy atom. The summed E-state index contributed by atoms with van der Waals surface area (Å²) in [6.07, 6.45) is 7.10. The fraction of sp³-hybridized carbons (Fsp3) is 0.857. The van der Waals surface area contributed by atoms with E-state index in [1.165, 1.54) is 32.2 Å². The Balaban J connectivity index is 2.05. The molecule has 0 aromatic rings. The van der Waals surface area contributed by atoms with Crippen molar-refractivity contribution in [1.82, 2.24) is 5.32 Å². The molecule has 0 radical (unpaired) electrons. The van der Waals surface area contributed by atoms with E-state index in [0.717, 1.165) is 0 Å². The van der Waals surface area contributed by atoms with E-state index in [4.69, 9.17) is 0 Å². The van der Waals surface area contributed by atoms with E-state index < -0.39 is 0 Å². The van der Waals surface area contributed by atoms with E-state index in [1.54, 1.807) is 0 Å². The van der Waals surface area contributed by atoms with Gasteiger partial charge in [-0.25, -0.2) is 0 Å². The lowest BCUT2D eigenvalue weighted by Gasteiger charge is -2.05. The minimum absolute atomic E-state index is 0.480. The van der Waals surface area contributed by atoms with Crippen LogP contribution in [-0.4, -0.2) is 12.6 Å². The summed E-state index contributed by atoms with van der Waals surface area (Å²) in [6, 6.07) is 0.712. The average molecular weight is 209 g/mol. The summed E-state index contributed by atoms with van der Waals surface area (Å²) in [7, 11) is 0. The fourth-order valence-corrected chi connectivity index (χ4v) is 2.54. The van der Waals surface area contributed by atoms with Gasteiger partial charge < -0.3 is 5.32 Å². The van der Waals surface area contributed by atoms with Crippen LogP contribution >= 0.6 is 0 Å². The molecule has 0 aliphatic heterocycles. The van der Waals surface area contributed by atoms with Gasteiger partial charge in [0, 0.05) is 6.04 Å². The molecule has 0 aromatic heterocycles. The molecular weight excluding hydrogens is 182 g/mol. The summed E-state index contributed by atoms with van der Waals surface area (Å²) >= 11 is 0. The monoisotopic (exact) mass is 209 g/mol. The quantitative estimate of drug-likeness (QED) is 0.497. The van der Waals surface area contributed by atoms with Gasteiger partial charge in [-0.15, -0.1) is 6.58 Å². The van der Waals surface area contributed by atoms with Crippen LogP contribution < -0.4 is 5.32 Å². The normalized spacial score (nSPS) is 22.7. The molecule has 1 saturated carbocycles. The zero-order valence-electron chi connectivity index (χ0n) is 10.9. The van der Waals surface area contributed by atoms with E-state index in [9.17, 15) is 0 Å². The molecular formula is C14H27N. The molecule has 0 aromatic carbocycles. The number of rotatable bonds is 7. The van der Waals surface area contributed by atoms with E-state index >= 15 is 0 Å². The third-order valence-electron chi connectivity index (χ3n) is 4.45. The van der Waals surface area contributed by atoms with Crippen molar-refractivity contribution in [2.75, 3.05) is 6.54 Å². The van der Waals surface area contributed by atoms with Gasteiger partial charge in [-0.3, -0.25) is 0 Å². The van der Waals surface area contributed by atoms with Crippen molar-refractivity contribution in [3.05, 3.63) is 12.7 Å². The molecule has 1 fully saturated rings. The van der Waals surface area contributed by atoms with Crippen molar-refractivity contribution >= 4 is 0 Å². The second kappa shape index (κ2) is 4.69. The minimum Gasteiger partial charge on any atom is -0.313 e. The van der Waals surface area contributed by atoms with Gasteiger partial charge in [0.1, 0.15) is 0 Å². The summed E-state index contributed by atoms with van der Waals surface area (Å²) < 4.78 is 0. The lowest BCUT2D eigenvalue weighted by molar-refractivity contribution is 0.457. The molecule has 1 aliphatic carbocycles. The van der Waals surface area contributed by atoms with Crippen LogP contribution in [0.3, 0.4) is 0 Å². The maximum atomic E-state index is 3.74. The highest BCUT2D eigenvalue weighted by Crippen LogP contribution is 2.62. The highest BCUT2D eigenvalue weighted by atomic mass is 15.0. The topological polar surface area (TPSA) is 12.0 Å². The summed E-state index contributed by atoms with van der Waals surface area (Å²) in [4.78, 5) is 0. The summed E-state index contributed by atoms with van der Waals surface area (Å²) in [5.74, 6) is 0. The van der Waals surface area contributed by atoms with Gasteiger partial charge in [0.25, 0.3) is 0 Å². The van der Waals surface area contributed by atoms with Crippen LogP contribution in [-0.2, 0) is 0 Å². The van der Waals surface area contributed by atoms with Crippen LogP contribution in [0.1, 0.15) is 53.4 Å². The van der Waals surface area contributed by atoms with Crippen molar-refractivity contribution in [2.45, 2.75) is 59.4 Å². The van der Waals surface area contributed by atoms with Gasteiger partial charge in [-0.05, 0) is 36.6 Å². The van der Waals surface area contributed by atoms with Crippen molar-refractivity contribution in [3.63, 3.8) is 0 Å². The number of unbranched alkanes of at least 4 members (excludes halogenated alkanes) is 3. The third-order valence-corrected chi connectivity index (χ3v) is 4.45. The first-order chi connectivity index (χ1) is 6.94. The molecule has 15 heavy (non-hydrogen) atoms. The Morgan fingerprint density at radius 2 is 1.67 bits per heavy atom. The van der Waals surface area contributed by atoms with E-state index in [1.807, 2.05) is 6.08 Å². The zero-order valence-corrected chi connectivity index (χ0v) is 10.9. The number of hydrogen-bond acceptors (Lipinski definition) is 1. The first-order valence-corrected chi connectivity index (χ1v) is 6.29. The summed E-state index contributed by atoms with van der Waals surface area (Å²) in [5, 5.41) is 3.69. The standard InChI is InChI=1S/C14H27N/c1-6-7-8-9-10-11-15-12-13(2,3)14(12,4)5/h6,12,15H,1,7-11H2,2-5H3. The molecule has 1 N–H and O–H groups in total. The molecule has 0 unspecified atom stereocenters. The van der Waals surface area contributed by atoms with E-state index in [2.05, 4.69) is 39.6 Å². The smallest absolute Gasteiger partial charge is 0.0181 e. The Labute approximate surface area is 95.3 Å². The molecule has 1 aliphatic rings. The SMILES string of the molecule is C=CCCCCCNC1C(C)(C)C1(C)C. The Hall–Kier alpha value is -0.300. The largest absolute Gasteiger partial charge is 0.313 e. The molecule has 88 valence electrons. The minimum atomic E-state index is 0.480.